The number of thiophene rings is 1. The first-order valence-electron chi connectivity index (χ1n) is 4.93. The number of carboxylic acid groups (broad SMARTS) is 1. The number of fused-ring (bicyclic) bond motifs is 1. The zero-order valence-electron chi connectivity index (χ0n) is 8.35. The normalized spacial score (nSPS) is 16.8. The predicted octanol–water partition coefficient (Wildman–Crippen LogP) is 1.75. The molecule has 0 amide bonds. The van der Waals surface area contributed by atoms with Crippen LogP contribution in [0.3, 0.4) is 0 Å². The van der Waals surface area contributed by atoms with E-state index in [9.17, 15) is 4.79 Å². The molecule has 0 unspecified atom stereocenters. The highest BCUT2D eigenvalue weighted by Gasteiger charge is 2.15. The minimum atomic E-state index is -0.872. The first-order chi connectivity index (χ1) is 7.25. The topological polar surface area (TPSA) is 40.5 Å². The Kier molecular flexibility index (Phi) is 3.18. The summed E-state index contributed by atoms with van der Waals surface area (Å²) in [6, 6.07) is 2.16. The lowest BCUT2D eigenvalue weighted by Crippen LogP contribution is -2.29. The van der Waals surface area contributed by atoms with Crippen LogP contribution in [0.25, 0.3) is 0 Å². The van der Waals surface area contributed by atoms with E-state index in [1.807, 2.05) is 11.3 Å². The Balaban J connectivity index is 1.90. The van der Waals surface area contributed by atoms with E-state index in [1.54, 1.807) is 6.08 Å². The van der Waals surface area contributed by atoms with Crippen molar-refractivity contribution in [3.63, 3.8) is 0 Å². The standard InChI is InChI=1S/C11H13NO2S/c13-11(14)2-1-5-12-6-3-10-9(8-12)4-7-15-10/h1-2,4,7H,3,5-6,8H2,(H,13,14)/b2-1+. The molecule has 15 heavy (non-hydrogen) atoms. The molecule has 0 fully saturated rings. The van der Waals surface area contributed by atoms with Crippen LogP contribution in [0, 0.1) is 0 Å². The lowest BCUT2D eigenvalue weighted by atomic mass is 10.1. The van der Waals surface area contributed by atoms with E-state index in [0.29, 0.717) is 0 Å². The van der Waals surface area contributed by atoms with Crippen molar-refractivity contribution >= 4 is 17.3 Å². The Morgan fingerprint density at radius 1 is 1.67 bits per heavy atom. The maximum absolute atomic E-state index is 10.3. The van der Waals surface area contributed by atoms with Crippen LogP contribution in [0.4, 0.5) is 0 Å². The number of nitrogens with zero attached hydrogens (tertiary/aromatic N) is 1. The van der Waals surface area contributed by atoms with Gasteiger partial charge in [0, 0.05) is 30.6 Å². The van der Waals surface area contributed by atoms with Gasteiger partial charge in [0.2, 0.25) is 0 Å². The van der Waals surface area contributed by atoms with Crippen LogP contribution in [0.15, 0.2) is 23.6 Å². The van der Waals surface area contributed by atoms with Gasteiger partial charge in [-0.25, -0.2) is 4.79 Å². The van der Waals surface area contributed by atoms with Crippen LogP contribution >= 0.6 is 11.3 Å². The van der Waals surface area contributed by atoms with Gasteiger partial charge in [-0.3, -0.25) is 4.90 Å². The molecule has 2 heterocycles. The average molecular weight is 223 g/mol. The van der Waals surface area contributed by atoms with Crippen molar-refractivity contribution < 1.29 is 9.90 Å². The highest BCUT2D eigenvalue weighted by atomic mass is 32.1. The van der Waals surface area contributed by atoms with Gasteiger partial charge in [0.1, 0.15) is 0 Å². The molecule has 0 aliphatic carbocycles. The highest BCUT2D eigenvalue weighted by Crippen LogP contribution is 2.23. The second-order valence-electron chi connectivity index (χ2n) is 3.59. The van der Waals surface area contributed by atoms with Gasteiger partial charge in [0.15, 0.2) is 0 Å². The summed E-state index contributed by atoms with van der Waals surface area (Å²) in [5.74, 6) is -0.872. The first-order valence-corrected chi connectivity index (χ1v) is 5.81. The first kappa shape index (κ1) is 10.4. The highest BCUT2D eigenvalue weighted by molar-refractivity contribution is 7.10. The van der Waals surface area contributed by atoms with Crippen molar-refractivity contribution in [2.75, 3.05) is 13.1 Å². The molecule has 0 saturated carbocycles. The number of carboxylic acids is 1. The molecule has 0 saturated heterocycles. The third-order valence-electron chi connectivity index (χ3n) is 2.51. The van der Waals surface area contributed by atoms with Crippen LogP contribution in [-0.4, -0.2) is 29.1 Å². The lowest BCUT2D eigenvalue weighted by Gasteiger charge is -2.25. The molecule has 0 radical (unpaired) electrons. The molecule has 1 aliphatic rings. The second-order valence-corrected chi connectivity index (χ2v) is 4.60. The van der Waals surface area contributed by atoms with Crippen LogP contribution in [0.1, 0.15) is 10.4 Å². The molecule has 1 N–H and O–H groups in total. The zero-order chi connectivity index (χ0) is 10.7. The second kappa shape index (κ2) is 4.59. The summed E-state index contributed by atoms with van der Waals surface area (Å²) in [6.07, 6.45) is 4.01. The number of rotatable bonds is 3. The Bertz CT molecular complexity index is 384. The largest absolute Gasteiger partial charge is 0.478 e. The Labute approximate surface area is 92.6 Å². The summed E-state index contributed by atoms with van der Waals surface area (Å²) in [6.45, 7) is 2.70. The van der Waals surface area contributed by atoms with Gasteiger partial charge in [-0.15, -0.1) is 11.3 Å². The van der Waals surface area contributed by atoms with Gasteiger partial charge < -0.3 is 5.11 Å². The number of carbonyl (C=O) groups is 1. The van der Waals surface area contributed by atoms with E-state index in [1.165, 1.54) is 16.5 Å². The van der Waals surface area contributed by atoms with Gasteiger partial charge in [0.05, 0.1) is 0 Å². The average Bonchev–Trinajstić information content (AvgIpc) is 2.64. The molecule has 0 atom stereocenters. The fourth-order valence-electron chi connectivity index (χ4n) is 1.77. The van der Waals surface area contributed by atoms with Crippen molar-refractivity contribution in [1.29, 1.82) is 0 Å². The van der Waals surface area contributed by atoms with E-state index in [2.05, 4.69) is 16.3 Å². The lowest BCUT2D eigenvalue weighted by molar-refractivity contribution is -0.131. The van der Waals surface area contributed by atoms with Gasteiger partial charge in [0.25, 0.3) is 0 Å². The summed E-state index contributed by atoms with van der Waals surface area (Å²) in [5, 5.41) is 10.6. The Morgan fingerprint density at radius 2 is 2.53 bits per heavy atom. The molecule has 0 bridgehead atoms. The number of hydrogen-bond donors (Lipinski definition) is 1. The van der Waals surface area contributed by atoms with Gasteiger partial charge in [-0.2, -0.15) is 0 Å². The summed E-state index contributed by atoms with van der Waals surface area (Å²) < 4.78 is 0. The SMILES string of the molecule is O=C(O)/C=C/CN1CCc2sccc2C1. The maximum Gasteiger partial charge on any atom is 0.328 e. The van der Waals surface area contributed by atoms with Crippen LogP contribution in [0.2, 0.25) is 0 Å². The minimum absolute atomic E-state index is 0.724. The van der Waals surface area contributed by atoms with Crippen LogP contribution < -0.4 is 0 Å². The van der Waals surface area contributed by atoms with Crippen molar-refractivity contribution in [3.8, 4) is 0 Å². The van der Waals surface area contributed by atoms with Gasteiger partial charge in [-0.05, 0) is 23.4 Å². The number of aliphatic carboxylic acids is 1. The van der Waals surface area contributed by atoms with Gasteiger partial charge in [-0.1, -0.05) is 6.08 Å². The minimum Gasteiger partial charge on any atom is -0.478 e. The van der Waals surface area contributed by atoms with Crippen molar-refractivity contribution in [2.24, 2.45) is 0 Å². The molecule has 1 aromatic heterocycles. The molecule has 4 heteroatoms. The van der Waals surface area contributed by atoms with Crippen molar-refractivity contribution in [2.45, 2.75) is 13.0 Å². The fraction of sp³-hybridized carbons (Fsp3) is 0.364. The van der Waals surface area contributed by atoms with Crippen molar-refractivity contribution in [3.05, 3.63) is 34.0 Å². The number of hydrogen-bond acceptors (Lipinski definition) is 3. The van der Waals surface area contributed by atoms with Crippen LogP contribution in [0.5, 0.6) is 0 Å². The molecule has 3 nitrogen and oxygen atoms in total. The zero-order valence-corrected chi connectivity index (χ0v) is 9.17. The van der Waals surface area contributed by atoms with E-state index in [0.717, 1.165) is 26.1 Å². The molecular weight excluding hydrogens is 210 g/mol. The Hall–Kier alpha value is -1.13. The van der Waals surface area contributed by atoms with E-state index in [-0.39, 0.29) is 0 Å². The molecule has 2 rings (SSSR count). The monoisotopic (exact) mass is 223 g/mol. The molecule has 1 aliphatic heterocycles. The molecule has 0 spiro atoms. The molecule has 1 aromatic rings. The van der Waals surface area contributed by atoms with E-state index < -0.39 is 5.97 Å². The summed E-state index contributed by atoms with van der Waals surface area (Å²) >= 11 is 1.82. The molecule has 0 aromatic carbocycles. The summed E-state index contributed by atoms with van der Waals surface area (Å²) in [5.41, 5.74) is 1.40. The van der Waals surface area contributed by atoms with Crippen molar-refractivity contribution in [1.82, 2.24) is 4.90 Å². The van der Waals surface area contributed by atoms with Gasteiger partial charge >= 0.3 is 5.97 Å². The summed E-state index contributed by atoms with van der Waals surface area (Å²) in [4.78, 5) is 14.0. The van der Waals surface area contributed by atoms with E-state index in [4.69, 9.17) is 5.11 Å². The van der Waals surface area contributed by atoms with E-state index >= 15 is 0 Å². The maximum atomic E-state index is 10.3. The van der Waals surface area contributed by atoms with Crippen LogP contribution in [-0.2, 0) is 17.8 Å². The fourth-order valence-corrected chi connectivity index (χ4v) is 2.66. The predicted molar refractivity (Wildman–Crippen MR) is 60.1 cm³/mol. The quantitative estimate of drug-likeness (QED) is 0.794. The summed E-state index contributed by atoms with van der Waals surface area (Å²) in [7, 11) is 0. The Morgan fingerprint density at radius 3 is 3.33 bits per heavy atom. The third kappa shape index (κ3) is 2.67. The molecular formula is C11H13NO2S. The third-order valence-corrected chi connectivity index (χ3v) is 3.53. The smallest absolute Gasteiger partial charge is 0.328 e. The molecule has 80 valence electrons.